The monoisotopic (exact) mass is 771 g/mol. The van der Waals surface area contributed by atoms with E-state index in [9.17, 15) is 44.2 Å². The first-order chi connectivity index (χ1) is 23.0. The summed E-state index contributed by atoms with van der Waals surface area (Å²) in [5.41, 5.74) is 12.1. The van der Waals surface area contributed by atoms with Crippen LogP contribution < -0.4 is 16.4 Å². The number of fused-ring (bicyclic) bond motifs is 2. The summed E-state index contributed by atoms with van der Waals surface area (Å²) < 4.78 is 56.5. The molecule has 0 spiro atoms. The van der Waals surface area contributed by atoms with Crippen molar-refractivity contribution < 1.29 is 71.4 Å². The Morgan fingerprint density at radius 3 is 1.67 bits per heavy atom. The third-order valence-corrected chi connectivity index (χ3v) is 12.6. The SMILES string of the molecule is Nc1ncnc2c1ncn2[C@@H]1O[C@H](COP(=O)([O-])OP(O)(=S)OP(=O)(O)OC[C@H]2O[C@@H](n3cnc4c(N)ncnc43)C(O)[C@H]2O)C(O)C1O. The maximum Gasteiger partial charge on any atom is 0.479 e. The Labute approximate surface area is 277 Å². The molecule has 0 bridgehead atoms. The summed E-state index contributed by atoms with van der Waals surface area (Å²) in [6, 6.07) is 0. The number of nitrogen functional groups attached to an aromatic ring is 2. The van der Waals surface area contributed by atoms with E-state index < -0.39 is 84.7 Å². The van der Waals surface area contributed by atoms with Crippen molar-refractivity contribution in [3.05, 3.63) is 25.3 Å². The molecular formula is C20H26N10O15P3S-. The van der Waals surface area contributed by atoms with Crippen molar-refractivity contribution >= 4 is 68.1 Å². The van der Waals surface area contributed by atoms with Crippen molar-refractivity contribution in [2.45, 2.75) is 49.1 Å². The fourth-order valence-electron chi connectivity index (χ4n) is 4.96. The second kappa shape index (κ2) is 13.4. The fourth-order valence-corrected chi connectivity index (χ4v) is 9.93. The minimum atomic E-state index is -5.66. The van der Waals surface area contributed by atoms with Crippen LogP contribution in [0.2, 0.25) is 0 Å². The number of imidazole rings is 2. The summed E-state index contributed by atoms with van der Waals surface area (Å²) in [7, 11) is -11.1. The van der Waals surface area contributed by atoms with E-state index in [-0.39, 0.29) is 34.0 Å². The van der Waals surface area contributed by atoms with Crippen molar-refractivity contribution in [1.82, 2.24) is 39.0 Å². The van der Waals surface area contributed by atoms with Gasteiger partial charge in [0.05, 0.1) is 25.9 Å². The van der Waals surface area contributed by atoms with E-state index in [1.54, 1.807) is 0 Å². The average molecular weight is 771 g/mol. The molecule has 0 amide bonds. The normalized spacial score (nSPS) is 31.2. The van der Waals surface area contributed by atoms with Gasteiger partial charge in [-0.05, 0) is 11.8 Å². The van der Waals surface area contributed by atoms with E-state index in [2.05, 4.69) is 54.9 Å². The van der Waals surface area contributed by atoms with Crippen LogP contribution in [0, 0.1) is 0 Å². The molecule has 2 aliphatic heterocycles. The van der Waals surface area contributed by atoms with Gasteiger partial charge in [0.1, 0.15) is 60.3 Å². The number of aliphatic hydroxyl groups excluding tert-OH is 4. The summed E-state index contributed by atoms with van der Waals surface area (Å²) in [5.74, 6) is 0.0583. The van der Waals surface area contributed by atoms with Crippen molar-refractivity contribution in [2.24, 2.45) is 0 Å². The van der Waals surface area contributed by atoms with Crippen LogP contribution in [0.15, 0.2) is 25.3 Å². The molecule has 268 valence electrons. The summed E-state index contributed by atoms with van der Waals surface area (Å²) in [4.78, 5) is 56.4. The summed E-state index contributed by atoms with van der Waals surface area (Å²) in [6.07, 6.45) is -7.65. The third kappa shape index (κ3) is 7.37. The molecule has 25 nitrogen and oxygen atoms in total. The highest BCUT2D eigenvalue weighted by atomic mass is 32.5. The number of phosphoric acid groups is 2. The summed E-state index contributed by atoms with van der Waals surface area (Å²) in [6.45, 7) is -7.11. The highest BCUT2D eigenvalue weighted by molar-refractivity contribution is 8.09. The summed E-state index contributed by atoms with van der Waals surface area (Å²) in [5, 5.41) is 41.9. The van der Waals surface area contributed by atoms with E-state index >= 15 is 0 Å². The minimum absolute atomic E-state index is 0.0272. The molecule has 0 aromatic carbocycles. The maximum absolute atomic E-state index is 12.5. The van der Waals surface area contributed by atoms with E-state index in [1.807, 2.05) is 0 Å². The zero-order valence-corrected chi connectivity index (χ0v) is 27.7. The zero-order valence-electron chi connectivity index (χ0n) is 24.2. The average Bonchev–Trinajstić information content (AvgIpc) is 3.77. The van der Waals surface area contributed by atoms with Crippen LogP contribution in [0.25, 0.3) is 22.3 Å². The van der Waals surface area contributed by atoms with Gasteiger partial charge >= 0.3 is 14.5 Å². The molecule has 29 heteroatoms. The molecule has 2 saturated heterocycles. The van der Waals surface area contributed by atoms with Gasteiger partial charge in [-0.15, -0.1) is 0 Å². The van der Waals surface area contributed by atoms with Gasteiger partial charge in [0, 0.05) is 0 Å². The van der Waals surface area contributed by atoms with E-state index in [0.717, 1.165) is 12.7 Å². The lowest BCUT2D eigenvalue weighted by Crippen LogP contribution is -2.34. The smallest absolute Gasteiger partial charge is 0.479 e. The Bertz CT molecular complexity index is 1870. The van der Waals surface area contributed by atoms with Crippen LogP contribution in [0.3, 0.4) is 0 Å². The van der Waals surface area contributed by atoms with E-state index in [4.69, 9.17) is 25.5 Å². The predicted molar refractivity (Wildman–Crippen MR) is 159 cm³/mol. The second-order valence-electron chi connectivity index (χ2n) is 10.4. The topological polar surface area (TPSA) is 373 Å². The van der Waals surface area contributed by atoms with Gasteiger partial charge in [-0.2, -0.15) is 0 Å². The number of nitrogens with two attached hydrogens (primary N) is 2. The number of phosphoric ester groups is 2. The Balaban J connectivity index is 1.03. The molecular weight excluding hydrogens is 745 g/mol. The van der Waals surface area contributed by atoms with Crippen LogP contribution in [0.1, 0.15) is 12.5 Å². The van der Waals surface area contributed by atoms with Crippen molar-refractivity contribution in [2.75, 3.05) is 24.7 Å². The standard InChI is InChI=1S/C20H27N10O15P3S/c21-15-9-17(25-3-23-15)29(5-27-9)19-13(33)11(31)7(42-19)1-40-46(35,36)44-48(39,49)45-47(37,38)41-2-8-12(32)14(34)20(43-8)30-6-28-10-16(22)24-4-26-18(10)30/h3-8,11-14,19-20,31-34H,1-2H2,(H,35,36)(H,37,38)(H,39,49)(H2,21,23,25)(H2,22,24,26)/p-1/t7-,8-,11+,12?,13?,14?,19-,20-,48?/m1/s1. The maximum atomic E-state index is 12.5. The highest BCUT2D eigenvalue weighted by Crippen LogP contribution is 2.67. The molecule has 6 rings (SSSR count). The number of aliphatic hydroxyl groups is 4. The quantitative estimate of drug-likeness (QED) is 0.0662. The lowest BCUT2D eigenvalue weighted by Gasteiger charge is -2.28. The molecule has 6 heterocycles. The van der Waals surface area contributed by atoms with E-state index in [0.29, 0.717) is 0 Å². The third-order valence-electron chi connectivity index (χ3n) is 7.21. The number of ether oxygens (including phenoxy) is 2. The first kappa shape index (κ1) is 36.1. The van der Waals surface area contributed by atoms with Crippen LogP contribution >= 0.6 is 22.4 Å². The number of rotatable bonds is 12. The van der Waals surface area contributed by atoms with Gasteiger partial charge in [-0.25, -0.2) is 43.1 Å². The molecule has 4 aromatic rings. The van der Waals surface area contributed by atoms with Crippen molar-refractivity contribution in [3.63, 3.8) is 0 Å². The summed E-state index contributed by atoms with van der Waals surface area (Å²) >= 11 is 4.53. The number of hydrogen-bond acceptors (Lipinski definition) is 22. The first-order valence-corrected chi connectivity index (χ1v) is 19.1. The zero-order chi connectivity index (χ0) is 35.5. The van der Waals surface area contributed by atoms with Crippen molar-refractivity contribution in [1.29, 1.82) is 0 Å². The Hall–Kier alpha value is -2.71. The fraction of sp³-hybridized carbons (Fsp3) is 0.500. The molecule has 10 N–H and O–H groups in total. The van der Waals surface area contributed by atoms with Crippen LogP contribution in [-0.2, 0) is 48.1 Å². The minimum Gasteiger partial charge on any atom is -0.756 e. The largest absolute Gasteiger partial charge is 0.756 e. The van der Waals surface area contributed by atoms with Crippen LogP contribution in [0.4, 0.5) is 11.6 Å². The van der Waals surface area contributed by atoms with Crippen LogP contribution in [0.5, 0.6) is 0 Å². The first-order valence-electron chi connectivity index (χ1n) is 13.5. The molecule has 4 aromatic heterocycles. The Kier molecular flexibility index (Phi) is 9.90. The number of hydrogen-bond donors (Lipinski definition) is 8. The lowest BCUT2D eigenvalue weighted by molar-refractivity contribution is -0.220. The van der Waals surface area contributed by atoms with Gasteiger partial charge < -0.3 is 60.6 Å². The Morgan fingerprint density at radius 1 is 0.755 bits per heavy atom. The molecule has 11 atom stereocenters. The Morgan fingerprint density at radius 2 is 1.20 bits per heavy atom. The highest BCUT2D eigenvalue weighted by Gasteiger charge is 2.47. The molecule has 49 heavy (non-hydrogen) atoms. The second-order valence-corrected chi connectivity index (χ2v) is 16.4. The van der Waals surface area contributed by atoms with Gasteiger partial charge in [-0.1, -0.05) is 0 Å². The lowest BCUT2D eigenvalue weighted by atomic mass is 10.1. The van der Waals surface area contributed by atoms with Crippen LogP contribution in [-0.4, -0.2) is 119 Å². The van der Waals surface area contributed by atoms with E-state index in [1.165, 1.54) is 21.8 Å². The molecule has 0 saturated carbocycles. The van der Waals surface area contributed by atoms with Gasteiger partial charge in [0.25, 0.3) is 7.82 Å². The van der Waals surface area contributed by atoms with Gasteiger partial charge in [-0.3, -0.25) is 18.2 Å². The molecule has 0 aliphatic carbocycles. The van der Waals surface area contributed by atoms with Gasteiger partial charge in [0.2, 0.25) is 0 Å². The van der Waals surface area contributed by atoms with Crippen molar-refractivity contribution in [3.8, 4) is 0 Å². The molecule has 2 fully saturated rings. The number of aromatic nitrogens is 8. The predicted octanol–water partition coefficient (Wildman–Crippen LogP) is -3.08. The molecule has 0 radical (unpaired) electrons. The number of anilines is 2. The molecule has 6 unspecified atom stereocenters. The molecule has 2 aliphatic rings. The van der Waals surface area contributed by atoms with Gasteiger partial charge in [0.15, 0.2) is 35.4 Å². The number of nitrogens with zero attached hydrogens (tertiary/aromatic N) is 8.